The first kappa shape index (κ1) is 24.8. The van der Waals surface area contributed by atoms with E-state index in [1.54, 1.807) is 13.3 Å². The first-order chi connectivity index (χ1) is 17.6. The van der Waals surface area contributed by atoms with Crippen molar-refractivity contribution in [2.45, 2.75) is 107 Å². The number of hydrogen-bond donors (Lipinski definition) is 5. The molecule has 196 valence electrons. The van der Waals surface area contributed by atoms with Crippen LogP contribution in [0.4, 0.5) is 22.4 Å². The lowest BCUT2D eigenvalue weighted by molar-refractivity contribution is 0.0603. The molecular formula is C26H40N8O2. The van der Waals surface area contributed by atoms with Gasteiger partial charge in [0, 0.05) is 49.1 Å². The molecule has 10 nitrogen and oxygen atoms in total. The number of rotatable bonds is 8. The average Bonchev–Trinajstić information content (AvgIpc) is 3.58. The maximum Gasteiger partial charge on any atom is 0.315 e. The zero-order chi connectivity index (χ0) is 24.7. The van der Waals surface area contributed by atoms with Crippen LogP contribution in [0.2, 0.25) is 0 Å². The van der Waals surface area contributed by atoms with Crippen molar-refractivity contribution < 1.29 is 9.53 Å². The summed E-state index contributed by atoms with van der Waals surface area (Å²) in [5.74, 6) is 2.73. The Kier molecular flexibility index (Phi) is 8.20. The first-order valence-corrected chi connectivity index (χ1v) is 13.7. The lowest BCUT2D eigenvalue weighted by Gasteiger charge is -2.32. The minimum Gasteiger partial charge on any atom is -0.381 e. The fourth-order valence-electron chi connectivity index (χ4n) is 5.94. The number of ether oxygens (including phenoxy) is 1. The Morgan fingerprint density at radius 1 is 0.944 bits per heavy atom. The second kappa shape index (κ2) is 11.9. The number of nitrogens with one attached hydrogen (secondary N) is 5. The van der Waals surface area contributed by atoms with E-state index in [1.165, 1.54) is 31.4 Å². The maximum absolute atomic E-state index is 12.5. The minimum absolute atomic E-state index is 0.0512. The van der Waals surface area contributed by atoms with Gasteiger partial charge in [0.15, 0.2) is 5.82 Å². The largest absolute Gasteiger partial charge is 0.381 e. The summed E-state index contributed by atoms with van der Waals surface area (Å²) >= 11 is 0. The van der Waals surface area contributed by atoms with Crippen molar-refractivity contribution in [3.8, 4) is 0 Å². The lowest BCUT2D eigenvalue weighted by Crippen LogP contribution is -2.49. The van der Waals surface area contributed by atoms with E-state index in [1.807, 2.05) is 6.07 Å². The molecule has 5 N–H and O–H groups in total. The number of methoxy groups -OCH3 is 1. The van der Waals surface area contributed by atoms with Gasteiger partial charge < -0.3 is 26.0 Å². The molecule has 0 unspecified atom stereocenters. The third kappa shape index (κ3) is 6.66. The number of amides is 2. The molecule has 0 aromatic carbocycles. The van der Waals surface area contributed by atoms with E-state index < -0.39 is 0 Å². The van der Waals surface area contributed by atoms with E-state index in [0.29, 0.717) is 17.9 Å². The summed E-state index contributed by atoms with van der Waals surface area (Å²) in [6.45, 7) is 0. The summed E-state index contributed by atoms with van der Waals surface area (Å²) in [6, 6.07) is 4.60. The highest BCUT2D eigenvalue weighted by Gasteiger charge is 2.26. The number of H-pyrrole nitrogens is 1. The van der Waals surface area contributed by atoms with Crippen molar-refractivity contribution >= 4 is 23.6 Å². The third-order valence-electron chi connectivity index (χ3n) is 7.99. The molecule has 0 radical (unpaired) electrons. The number of aromatic amines is 1. The van der Waals surface area contributed by atoms with Crippen molar-refractivity contribution in [3.05, 3.63) is 24.0 Å². The van der Waals surface area contributed by atoms with Gasteiger partial charge in [0.2, 0.25) is 5.95 Å². The van der Waals surface area contributed by atoms with Crippen LogP contribution >= 0.6 is 0 Å². The highest BCUT2D eigenvalue weighted by atomic mass is 16.5. The number of urea groups is 1. The van der Waals surface area contributed by atoms with Crippen LogP contribution in [-0.4, -0.2) is 57.5 Å². The van der Waals surface area contributed by atoms with Crippen molar-refractivity contribution in [3.63, 3.8) is 0 Å². The van der Waals surface area contributed by atoms with E-state index >= 15 is 0 Å². The lowest BCUT2D eigenvalue weighted by atomic mass is 9.91. The van der Waals surface area contributed by atoms with Crippen LogP contribution in [0.5, 0.6) is 0 Å². The van der Waals surface area contributed by atoms with Gasteiger partial charge in [-0.05, 0) is 70.3 Å². The fourth-order valence-corrected chi connectivity index (χ4v) is 5.94. The smallest absolute Gasteiger partial charge is 0.315 e. The zero-order valence-electron chi connectivity index (χ0n) is 21.3. The van der Waals surface area contributed by atoms with Gasteiger partial charge in [-0.3, -0.25) is 5.10 Å². The van der Waals surface area contributed by atoms with Crippen molar-refractivity contribution in [1.82, 2.24) is 30.8 Å². The Labute approximate surface area is 213 Å². The number of anilines is 3. The van der Waals surface area contributed by atoms with Crippen LogP contribution in [-0.2, 0) is 4.74 Å². The van der Waals surface area contributed by atoms with Crippen molar-refractivity contribution in [2.24, 2.45) is 0 Å². The molecule has 0 aliphatic heterocycles. The molecule has 3 aliphatic rings. The zero-order valence-corrected chi connectivity index (χ0v) is 21.3. The number of nitrogens with zero attached hydrogens (tertiary/aromatic N) is 3. The Balaban J connectivity index is 1.05. The molecule has 3 aliphatic carbocycles. The summed E-state index contributed by atoms with van der Waals surface area (Å²) in [6.07, 6.45) is 15.0. The summed E-state index contributed by atoms with van der Waals surface area (Å²) in [5.41, 5.74) is 1.21. The van der Waals surface area contributed by atoms with Crippen LogP contribution in [0.1, 0.15) is 88.7 Å². The molecule has 0 bridgehead atoms. The Morgan fingerprint density at radius 2 is 1.72 bits per heavy atom. The standard InChI is InChI=1S/C26H40N8O2/c1-36-21-8-4-7-20(15-21)30-26(35)29-19-11-9-18(10-12-19)28-25-27-14-13-23(32-25)31-24-16-22(33-34-24)17-5-2-3-6-17/h13-14,16-21H,2-12,15H2,1H3,(H2,29,30,35)(H3,27,28,31,32,33,34)/t18?,19?,20-,21-/m1/s1. The second-order valence-corrected chi connectivity index (χ2v) is 10.6. The van der Waals surface area contributed by atoms with Gasteiger partial charge in [-0.15, -0.1) is 0 Å². The average molecular weight is 497 g/mol. The van der Waals surface area contributed by atoms with E-state index in [2.05, 4.69) is 47.5 Å². The van der Waals surface area contributed by atoms with Crippen LogP contribution in [0.25, 0.3) is 0 Å². The van der Waals surface area contributed by atoms with Gasteiger partial charge in [0.25, 0.3) is 0 Å². The van der Waals surface area contributed by atoms with Gasteiger partial charge in [-0.2, -0.15) is 10.1 Å². The summed E-state index contributed by atoms with van der Waals surface area (Å²) in [5, 5.41) is 20.7. The highest BCUT2D eigenvalue weighted by Crippen LogP contribution is 2.34. The molecule has 0 saturated heterocycles. The Bertz CT molecular complexity index is 984. The van der Waals surface area contributed by atoms with Gasteiger partial charge in [-0.25, -0.2) is 9.78 Å². The minimum atomic E-state index is -0.0512. The molecule has 2 aromatic rings. The molecule has 36 heavy (non-hydrogen) atoms. The van der Waals surface area contributed by atoms with Crippen LogP contribution < -0.4 is 21.3 Å². The summed E-state index contributed by atoms with van der Waals surface area (Å²) in [7, 11) is 1.75. The SMILES string of the molecule is CO[C@@H]1CCC[C@@H](NC(=O)NC2CCC(Nc3nccc(Nc4cc(C5CCCC5)[nH]n4)n3)CC2)C1. The molecule has 5 rings (SSSR count). The normalized spacial score (nSPS) is 26.9. The number of aromatic nitrogens is 4. The first-order valence-electron chi connectivity index (χ1n) is 13.7. The van der Waals surface area contributed by atoms with Gasteiger partial charge in [0.05, 0.1) is 6.10 Å². The van der Waals surface area contributed by atoms with Crippen LogP contribution in [0.15, 0.2) is 18.3 Å². The molecule has 2 amide bonds. The van der Waals surface area contributed by atoms with Gasteiger partial charge in [0.1, 0.15) is 5.82 Å². The quantitative estimate of drug-likeness (QED) is 0.362. The molecule has 3 saturated carbocycles. The molecule has 2 heterocycles. The summed E-state index contributed by atoms with van der Waals surface area (Å²) in [4.78, 5) is 21.5. The molecule has 2 atom stereocenters. The molecular weight excluding hydrogens is 456 g/mol. The van der Waals surface area contributed by atoms with Crippen LogP contribution in [0.3, 0.4) is 0 Å². The van der Waals surface area contributed by atoms with Crippen LogP contribution in [0, 0.1) is 0 Å². The molecule has 3 fully saturated rings. The Hall–Kier alpha value is -2.88. The number of hydrogen-bond acceptors (Lipinski definition) is 7. The van der Waals surface area contributed by atoms with E-state index in [-0.39, 0.29) is 24.2 Å². The third-order valence-corrected chi connectivity index (χ3v) is 7.99. The molecule has 10 heteroatoms. The Morgan fingerprint density at radius 3 is 2.53 bits per heavy atom. The molecule has 0 spiro atoms. The van der Waals surface area contributed by atoms with Crippen molar-refractivity contribution in [2.75, 3.05) is 17.7 Å². The second-order valence-electron chi connectivity index (χ2n) is 10.6. The van der Waals surface area contributed by atoms with Gasteiger partial charge in [-0.1, -0.05) is 12.8 Å². The van der Waals surface area contributed by atoms with E-state index in [9.17, 15) is 4.79 Å². The van der Waals surface area contributed by atoms with E-state index in [0.717, 1.165) is 63.0 Å². The monoisotopic (exact) mass is 496 g/mol. The van der Waals surface area contributed by atoms with Gasteiger partial charge >= 0.3 is 6.03 Å². The van der Waals surface area contributed by atoms with Crippen molar-refractivity contribution in [1.29, 1.82) is 0 Å². The predicted octanol–water partition coefficient (Wildman–Crippen LogP) is 4.58. The predicted molar refractivity (Wildman–Crippen MR) is 139 cm³/mol. The topological polar surface area (TPSA) is 129 Å². The fraction of sp³-hybridized carbons (Fsp3) is 0.692. The highest BCUT2D eigenvalue weighted by molar-refractivity contribution is 5.74. The summed E-state index contributed by atoms with van der Waals surface area (Å²) < 4.78 is 5.47. The van der Waals surface area contributed by atoms with E-state index in [4.69, 9.17) is 4.74 Å². The molecule has 2 aromatic heterocycles. The maximum atomic E-state index is 12.5. The number of carbonyl (C=O) groups excluding carboxylic acids is 1. The number of carbonyl (C=O) groups is 1.